The van der Waals surface area contributed by atoms with E-state index in [0.717, 1.165) is 25.9 Å². The lowest BCUT2D eigenvalue weighted by Gasteiger charge is -2.48. The van der Waals surface area contributed by atoms with Gasteiger partial charge in [0.05, 0.1) is 24.0 Å². The van der Waals surface area contributed by atoms with Crippen molar-refractivity contribution in [3.63, 3.8) is 0 Å². The minimum atomic E-state index is -1.41. The number of likely N-dealkylation sites (N-methyl/N-ethyl adjacent to an activating group) is 1. The quantitative estimate of drug-likeness (QED) is 0.121. The van der Waals surface area contributed by atoms with E-state index in [1.54, 1.807) is 20.8 Å². The highest BCUT2D eigenvalue weighted by Crippen LogP contribution is 2.43. The number of carbonyl (C=O) groups excluding carboxylic acids is 2. The number of cyclic esters (lactones) is 1. The summed E-state index contributed by atoms with van der Waals surface area (Å²) in [4.78, 5) is 35.7. The van der Waals surface area contributed by atoms with Crippen LogP contribution in [0.15, 0.2) is 5.16 Å². The minimum Gasteiger partial charge on any atom is -0.459 e. The van der Waals surface area contributed by atoms with Crippen molar-refractivity contribution in [3.05, 3.63) is 0 Å². The number of aliphatic hydroxyl groups excluding tert-OH is 3. The van der Waals surface area contributed by atoms with Gasteiger partial charge in [-0.05, 0) is 83.8 Å². The number of carbonyl (C=O) groups is 2. The van der Waals surface area contributed by atoms with Gasteiger partial charge >= 0.3 is 5.97 Å². The predicted octanol–water partition coefficient (Wildman–Crippen LogP) is 3.29. The second-order valence-corrected chi connectivity index (χ2v) is 15.4. The molecule has 0 saturated carbocycles. The molecule has 286 valence electrons. The number of hydrogen-bond donors (Lipinski definition) is 4. The van der Waals surface area contributed by atoms with Crippen molar-refractivity contribution in [2.24, 2.45) is 34.2 Å². The van der Waals surface area contributed by atoms with Crippen molar-refractivity contribution < 1.29 is 44.0 Å². The molecule has 12 heteroatoms. The third-order valence-corrected chi connectivity index (χ3v) is 11.5. The molecule has 0 unspecified atom stereocenters. The number of nitrogens with one attached hydrogen (secondary N) is 1. The molecule has 0 bridgehead atoms. The summed E-state index contributed by atoms with van der Waals surface area (Å²) in [6, 6.07) is -0.284. The lowest BCUT2D eigenvalue weighted by molar-refractivity contribution is -0.287. The lowest BCUT2D eigenvalue weighted by atomic mass is 9.67. The van der Waals surface area contributed by atoms with Crippen molar-refractivity contribution in [3.8, 4) is 12.3 Å². The zero-order valence-corrected chi connectivity index (χ0v) is 31.8. The van der Waals surface area contributed by atoms with E-state index in [1.165, 1.54) is 6.92 Å². The summed E-state index contributed by atoms with van der Waals surface area (Å²) in [5.74, 6) is -1.41. The standard InChI is InChI=1S/C38H65N3O9/c1-11-14-19-41(10)28-20-23(5)47-37(33(28)44)49-35-25(7)31(42)26(8)36(46)48-29(12-2)34(45)32(43)24(6)30(22(4)21-38(35,9)13-3)40-50-27-15-17-39-18-16-27/h1,22-29,32-35,37,39,43-45H,12-21H2,2-10H3/b40-30+/t22-,23-,24+,25+,26-,28+,29-,32-,33-,34-,35-,37+,38-/m1/s1. The molecular weight excluding hydrogens is 642 g/mol. The number of piperidine rings is 1. The van der Waals surface area contributed by atoms with Crippen LogP contribution >= 0.6 is 0 Å². The van der Waals surface area contributed by atoms with Crippen LogP contribution in [0.3, 0.4) is 0 Å². The van der Waals surface area contributed by atoms with Gasteiger partial charge in [-0.1, -0.05) is 46.7 Å². The highest BCUT2D eigenvalue weighted by molar-refractivity contribution is 6.00. The van der Waals surface area contributed by atoms with E-state index in [-0.39, 0.29) is 36.4 Å². The molecule has 3 rings (SSSR count). The van der Waals surface area contributed by atoms with E-state index in [1.807, 2.05) is 39.6 Å². The molecule has 3 fully saturated rings. The molecule has 3 heterocycles. The maximum absolute atomic E-state index is 14.2. The van der Waals surface area contributed by atoms with Gasteiger partial charge in [0, 0.05) is 30.8 Å². The van der Waals surface area contributed by atoms with Crippen LogP contribution in [-0.2, 0) is 28.6 Å². The normalized spacial score (nSPS) is 41.0. The Bertz CT molecular complexity index is 1170. The lowest BCUT2D eigenvalue weighted by Crippen LogP contribution is -2.58. The van der Waals surface area contributed by atoms with Crippen molar-refractivity contribution in [1.82, 2.24) is 10.2 Å². The predicted molar refractivity (Wildman–Crippen MR) is 191 cm³/mol. The number of esters is 1. The molecule has 3 aliphatic heterocycles. The first-order valence-electron chi connectivity index (χ1n) is 18.8. The minimum absolute atomic E-state index is 0.0888. The number of hydrogen-bond acceptors (Lipinski definition) is 12. The Hall–Kier alpha value is -2.11. The molecule has 0 aromatic rings. The molecule has 0 aliphatic carbocycles. The summed E-state index contributed by atoms with van der Waals surface area (Å²) in [6.45, 7) is 17.0. The zero-order valence-electron chi connectivity index (χ0n) is 31.8. The molecule has 0 radical (unpaired) electrons. The number of aliphatic hydroxyl groups is 3. The second-order valence-electron chi connectivity index (χ2n) is 15.4. The van der Waals surface area contributed by atoms with Gasteiger partial charge in [-0.25, -0.2) is 0 Å². The molecule has 4 N–H and O–H groups in total. The van der Waals surface area contributed by atoms with Gasteiger partial charge < -0.3 is 39.7 Å². The van der Waals surface area contributed by atoms with Crippen LogP contribution in [0.25, 0.3) is 0 Å². The van der Waals surface area contributed by atoms with Crippen LogP contribution in [0.4, 0.5) is 0 Å². The first-order chi connectivity index (χ1) is 23.6. The number of oxime groups is 1. The first-order valence-corrected chi connectivity index (χ1v) is 18.8. The third-order valence-electron chi connectivity index (χ3n) is 11.5. The fraction of sp³-hybridized carbons (Fsp3) is 0.868. The van der Waals surface area contributed by atoms with E-state index in [0.29, 0.717) is 37.9 Å². The average Bonchev–Trinajstić information content (AvgIpc) is 3.11. The zero-order chi connectivity index (χ0) is 37.3. The molecule has 3 aliphatic rings. The van der Waals surface area contributed by atoms with Crippen molar-refractivity contribution in [2.75, 3.05) is 26.7 Å². The van der Waals surface area contributed by atoms with Gasteiger partial charge in [0.15, 0.2) is 12.1 Å². The SMILES string of the molecule is C#CCCN(C)[C@H]1C[C@@H](C)O[C@@H](O[C@@H]2[C@@H](C)C(=O)[C@@H](C)C(=O)O[C@H](CC)[C@@H](O)[C@H](O)[C@@H](C)/C(=N/OC3CCNCC3)[C@H](C)C[C@@]2(C)CC)[C@@H]1O. The maximum Gasteiger partial charge on any atom is 0.316 e. The molecule has 12 nitrogen and oxygen atoms in total. The first kappa shape index (κ1) is 42.3. The summed E-state index contributed by atoms with van der Waals surface area (Å²) in [5, 5.41) is 42.5. The fourth-order valence-corrected chi connectivity index (χ4v) is 7.94. The van der Waals surface area contributed by atoms with Crippen LogP contribution in [0.5, 0.6) is 0 Å². The number of ether oxygens (including phenoxy) is 3. The highest BCUT2D eigenvalue weighted by Gasteiger charge is 2.49. The van der Waals surface area contributed by atoms with Gasteiger partial charge in [-0.15, -0.1) is 12.3 Å². The second kappa shape index (κ2) is 19.1. The third kappa shape index (κ3) is 10.3. The molecule has 0 amide bonds. The number of ketones is 1. The van der Waals surface area contributed by atoms with Gasteiger partial charge in [0.1, 0.15) is 30.3 Å². The van der Waals surface area contributed by atoms with Crippen LogP contribution in [0.1, 0.15) is 100 Å². The number of terminal acetylenes is 1. The Morgan fingerprint density at radius 2 is 1.70 bits per heavy atom. The molecule has 13 atom stereocenters. The summed E-state index contributed by atoms with van der Waals surface area (Å²) in [7, 11) is 1.92. The van der Waals surface area contributed by atoms with Gasteiger partial charge in [-0.3, -0.25) is 14.5 Å². The molecular formula is C38H65N3O9. The maximum atomic E-state index is 14.2. The van der Waals surface area contributed by atoms with Crippen molar-refractivity contribution in [1.29, 1.82) is 0 Å². The monoisotopic (exact) mass is 707 g/mol. The number of rotatable bonds is 9. The largest absolute Gasteiger partial charge is 0.459 e. The Kier molecular flexibility index (Phi) is 16.2. The van der Waals surface area contributed by atoms with Crippen LogP contribution in [-0.4, -0.2) is 119 Å². The van der Waals surface area contributed by atoms with E-state index in [2.05, 4.69) is 16.4 Å². The average molecular weight is 708 g/mol. The van der Waals surface area contributed by atoms with Gasteiger partial charge in [0.2, 0.25) is 0 Å². The Morgan fingerprint density at radius 1 is 1.04 bits per heavy atom. The Morgan fingerprint density at radius 3 is 2.30 bits per heavy atom. The van der Waals surface area contributed by atoms with E-state index >= 15 is 0 Å². The Balaban J connectivity index is 2.09. The molecule has 3 saturated heterocycles. The Labute approximate surface area is 300 Å². The summed E-state index contributed by atoms with van der Waals surface area (Å²) >= 11 is 0. The fourth-order valence-electron chi connectivity index (χ4n) is 7.94. The van der Waals surface area contributed by atoms with E-state index in [9.17, 15) is 24.9 Å². The van der Waals surface area contributed by atoms with Gasteiger partial charge in [-0.2, -0.15) is 0 Å². The van der Waals surface area contributed by atoms with E-state index < -0.39 is 65.9 Å². The van der Waals surface area contributed by atoms with Crippen LogP contribution < -0.4 is 5.32 Å². The molecule has 50 heavy (non-hydrogen) atoms. The number of Topliss-reactive ketones (excluding diaryl/α,β-unsaturated/α-hetero) is 1. The molecule has 0 spiro atoms. The smallest absolute Gasteiger partial charge is 0.316 e. The van der Waals surface area contributed by atoms with Crippen molar-refractivity contribution in [2.45, 2.75) is 155 Å². The van der Waals surface area contributed by atoms with Gasteiger partial charge in [0.25, 0.3) is 0 Å². The summed E-state index contributed by atoms with van der Waals surface area (Å²) < 4.78 is 18.8. The van der Waals surface area contributed by atoms with Crippen LogP contribution in [0, 0.1) is 41.4 Å². The molecule has 0 aromatic carbocycles. The number of nitrogens with zero attached hydrogens (tertiary/aromatic N) is 2. The summed E-state index contributed by atoms with van der Waals surface area (Å²) in [6.07, 6.45) is 2.51. The van der Waals surface area contributed by atoms with Crippen molar-refractivity contribution >= 4 is 17.5 Å². The van der Waals surface area contributed by atoms with Crippen LogP contribution in [0.2, 0.25) is 0 Å². The highest BCUT2D eigenvalue weighted by atomic mass is 16.7. The summed E-state index contributed by atoms with van der Waals surface area (Å²) in [5.41, 5.74) is -0.140. The molecule has 0 aromatic heterocycles. The van der Waals surface area contributed by atoms with E-state index in [4.69, 9.17) is 25.5 Å². The topological polar surface area (TPSA) is 159 Å².